The van der Waals surface area contributed by atoms with Gasteiger partial charge >= 0.3 is 6.09 Å². The summed E-state index contributed by atoms with van der Waals surface area (Å²) in [5, 5.41) is 0. The molecule has 4 nitrogen and oxygen atoms in total. The molecule has 2 saturated heterocycles. The topological polar surface area (TPSA) is 32.8 Å². The van der Waals surface area contributed by atoms with Gasteiger partial charge in [0, 0.05) is 19.6 Å². The Morgan fingerprint density at radius 3 is 2.38 bits per heavy atom. The number of alkyl halides is 2. The zero-order valence-corrected chi connectivity index (χ0v) is 9.50. The Bertz CT molecular complexity index is 303. The minimum atomic E-state index is -2.70. The van der Waals surface area contributed by atoms with Crippen LogP contribution in [0.15, 0.2) is 0 Å². The van der Waals surface area contributed by atoms with Crippen LogP contribution in [0.5, 0.6) is 0 Å². The summed E-state index contributed by atoms with van der Waals surface area (Å²) in [6.07, 6.45) is -0.517. The van der Waals surface area contributed by atoms with Gasteiger partial charge in [-0.1, -0.05) is 6.92 Å². The van der Waals surface area contributed by atoms with Crippen molar-refractivity contribution in [2.24, 2.45) is 5.41 Å². The highest BCUT2D eigenvalue weighted by Gasteiger charge is 2.66. The molecule has 0 aromatic carbocycles. The number of carbonyl (C=O) groups is 1. The van der Waals surface area contributed by atoms with E-state index in [4.69, 9.17) is 0 Å². The molecule has 1 amide bonds. The third-order valence-corrected chi connectivity index (χ3v) is 3.59. The number of likely N-dealkylation sites (tertiary alicyclic amines) is 2. The minimum absolute atomic E-state index is 0.100. The van der Waals surface area contributed by atoms with Crippen LogP contribution >= 0.6 is 0 Å². The van der Waals surface area contributed by atoms with E-state index in [1.807, 2.05) is 6.92 Å². The first-order valence-corrected chi connectivity index (χ1v) is 5.37. The van der Waals surface area contributed by atoms with E-state index in [2.05, 4.69) is 4.74 Å². The third-order valence-electron chi connectivity index (χ3n) is 3.59. The normalized spacial score (nSPS) is 26.9. The summed E-state index contributed by atoms with van der Waals surface area (Å²) in [6, 6.07) is 0. The molecule has 2 aliphatic heterocycles. The van der Waals surface area contributed by atoms with Gasteiger partial charge in [-0.15, -0.1) is 0 Å². The van der Waals surface area contributed by atoms with Crippen molar-refractivity contribution >= 4 is 6.09 Å². The monoisotopic (exact) mass is 234 g/mol. The molecule has 6 heteroatoms. The Morgan fingerprint density at radius 2 is 1.94 bits per heavy atom. The summed E-state index contributed by atoms with van der Waals surface area (Å²) in [5.74, 6) is -2.70. The largest absolute Gasteiger partial charge is 0.453 e. The van der Waals surface area contributed by atoms with Crippen LogP contribution in [-0.4, -0.2) is 61.6 Å². The number of carbonyl (C=O) groups excluding carboxylic acids is 1. The maximum atomic E-state index is 13.8. The second-order valence-corrected chi connectivity index (χ2v) is 4.61. The Morgan fingerprint density at radius 1 is 1.31 bits per heavy atom. The smallest absolute Gasteiger partial charge is 0.409 e. The Kier molecular flexibility index (Phi) is 2.57. The van der Waals surface area contributed by atoms with Gasteiger partial charge in [-0.25, -0.2) is 13.6 Å². The first-order valence-electron chi connectivity index (χ1n) is 5.37. The number of nitrogens with zero attached hydrogens (tertiary/aromatic N) is 2. The molecule has 0 N–H and O–H groups in total. The molecule has 0 saturated carbocycles. The molecular weight excluding hydrogens is 218 g/mol. The van der Waals surface area contributed by atoms with Gasteiger partial charge in [-0.3, -0.25) is 4.90 Å². The lowest BCUT2D eigenvalue weighted by molar-refractivity contribution is -0.147. The van der Waals surface area contributed by atoms with Crippen molar-refractivity contribution in [1.29, 1.82) is 0 Å². The number of hydrogen-bond acceptors (Lipinski definition) is 3. The molecule has 0 aliphatic carbocycles. The summed E-state index contributed by atoms with van der Waals surface area (Å²) in [4.78, 5) is 14.2. The van der Waals surface area contributed by atoms with Crippen molar-refractivity contribution in [3.63, 3.8) is 0 Å². The fourth-order valence-corrected chi connectivity index (χ4v) is 2.55. The van der Waals surface area contributed by atoms with Crippen molar-refractivity contribution in [2.75, 3.05) is 39.8 Å². The molecule has 2 aliphatic rings. The highest BCUT2D eigenvalue weighted by molar-refractivity contribution is 5.69. The lowest BCUT2D eigenvalue weighted by atomic mass is 9.76. The van der Waals surface area contributed by atoms with E-state index in [9.17, 15) is 13.6 Å². The van der Waals surface area contributed by atoms with E-state index < -0.39 is 17.4 Å². The Balaban J connectivity index is 2.04. The molecule has 2 heterocycles. The predicted molar refractivity (Wildman–Crippen MR) is 53.5 cm³/mol. The molecule has 1 spiro atoms. The van der Waals surface area contributed by atoms with Gasteiger partial charge < -0.3 is 9.64 Å². The van der Waals surface area contributed by atoms with Gasteiger partial charge in [-0.05, 0) is 6.54 Å². The number of hydrogen-bond donors (Lipinski definition) is 0. The minimum Gasteiger partial charge on any atom is -0.453 e. The van der Waals surface area contributed by atoms with E-state index in [0.29, 0.717) is 13.1 Å². The van der Waals surface area contributed by atoms with Crippen LogP contribution < -0.4 is 0 Å². The van der Waals surface area contributed by atoms with Gasteiger partial charge in [0.05, 0.1) is 19.1 Å². The molecule has 0 radical (unpaired) electrons. The Labute approximate surface area is 93.1 Å². The fraction of sp³-hybridized carbons (Fsp3) is 0.900. The molecule has 92 valence electrons. The van der Waals surface area contributed by atoms with Gasteiger partial charge in [0.25, 0.3) is 5.92 Å². The van der Waals surface area contributed by atoms with Crippen molar-refractivity contribution in [2.45, 2.75) is 12.8 Å². The summed E-state index contributed by atoms with van der Waals surface area (Å²) in [7, 11) is 1.26. The van der Waals surface area contributed by atoms with E-state index >= 15 is 0 Å². The molecule has 0 bridgehead atoms. The average molecular weight is 234 g/mol. The fourth-order valence-electron chi connectivity index (χ4n) is 2.55. The standard InChI is InChI=1S/C10H16F2N2O2/c1-3-13-4-9(10(11,12)7-13)5-14(6-9)8(15)16-2/h3-7H2,1-2H3. The van der Waals surface area contributed by atoms with Crippen LogP contribution in [0, 0.1) is 5.41 Å². The van der Waals surface area contributed by atoms with Crippen LogP contribution in [-0.2, 0) is 4.74 Å². The van der Waals surface area contributed by atoms with Gasteiger partial charge in [-0.2, -0.15) is 0 Å². The molecule has 2 fully saturated rings. The van der Waals surface area contributed by atoms with Crippen LogP contribution in [0.2, 0.25) is 0 Å². The molecule has 0 aromatic heterocycles. The zero-order valence-electron chi connectivity index (χ0n) is 9.50. The summed E-state index contributed by atoms with van der Waals surface area (Å²) < 4.78 is 32.1. The van der Waals surface area contributed by atoms with E-state index in [0.717, 1.165) is 0 Å². The number of methoxy groups -OCH3 is 1. The van der Waals surface area contributed by atoms with Crippen molar-refractivity contribution < 1.29 is 18.3 Å². The van der Waals surface area contributed by atoms with Gasteiger partial charge in [0.2, 0.25) is 0 Å². The molecule has 0 atom stereocenters. The van der Waals surface area contributed by atoms with Crippen LogP contribution in [0.1, 0.15) is 6.92 Å². The summed E-state index contributed by atoms with van der Waals surface area (Å²) in [5.41, 5.74) is -1.04. The maximum Gasteiger partial charge on any atom is 0.409 e. The van der Waals surface area contributed by atoms with Crippen LogP contribution in [0.3, 0.4) is 0 Å². The van der Waals surface area contributed by atoms with Gasteiger partial charge in [0.15, 0.2) is 0 Å². The average Bonchev–Trinajstić information content (AvgIpc) is 2.46. The lowest BCUT2D eigenvalue weighted by Gasteiger charge is -2.49. The number of ether oxygens (including phenoxy) is 1. The van der Waals surface area contributed by atoms with E-state index in [1.54, 1.807) is 4.90 Å². The van der Waals surface area contributed by atoms with E-state index in [-0.39, 0.29) is 19.6 Å². The van der Waals surface area contributed by atoms with Crippen molar-refractivity contribution in [1.82, 2.24) is 9.80 Å². The van der Waals surface area contributed by atoms with Crippen molar-refractivity contribution in [3.8, 4) is 0 Å². The van der Waals surface area contributed by atoms with Crippen LogP contribution in [0.25, 0.3) is 0 Å². The molecule has 2 rings (SSSR count). The number of rotatable bonds is 1. The highest BCUT2D eigenvalue weighted by Crippen LogP contribution is 2.49. The van der Waals surface area contributed by atoms with Crippen LogP contribution in [0.4, 0.5) is 13.6 Å². The SMILES string of the molecule is CCN1CC(F)(F)C2(C1)CN(C(=O)OC)C2. The molecular formula is C10H16F2N2O2. The third kappa shape index (κ3) is 1.47. The summed E-state index contributed by atoms with van der Waals surface area (Å²) >= 11 is 0. The van der Waals surface area contributed by atoms with E-state index in [1.165, 1.54) is 12.0 Å². The zero-order chi connectivity index (χ0) is 12.0. The lowest BCUT2D eigenvalue weighted by Crippen LogP contribution is -2.65. The van der Waals surface area contributed by atoms with Crippen molar-refractivity contribution in [3.05, 3.63) is 0 Å². The van der Waals surface area contributed by atoms with Gasteiger partial charge in [0.1, 0.15) is 0 Å². The molecule has 16 heavy (non-hydrogen) atoms. The summed E-state index contributed by atoms with van der Waals surface area (Å²) in [6.45, 7) is 2.86. The second kappa shape index (κ2) is 3.55. The molecule has 0 aromatic rings. The predicted octanol–water partition coefficient (Wildman–Crippen LogP) is 1.03. The highest BCUT2D eigenvalue weighted by atomic mass is 19.3. The first kappa shape index (κ1) is 11.6. The Hall–Kier alpha value is -0.910. The first-order chi connectivity index (χ1) is 7.44. The number of halogens is 2. The second-order valence-electron chi connectivity index (χ2n) is 4.61. The number of amides is 1. The molecule has 0 unspecified atom stereocenters. The quantitative estimate of drug-likeness (QED) is 0.679. The maximum absolute atomic E-state index is 13.8.